The van der Waals surface area contributed by atoms with Gasteiger partial charge in [-0.15, -0.1) is 0 Å². The first-order valence-corrected chi connectivity index (χ1v) is 6.23. The van der Waals surface area contributed by atoms with Crippen molar-refractivity contribution in [3.8, 4) is 0 Å². The molecule has 0 amide bonds. The van der Waals surface area contributed by atoms with Crippen LogP contribution in [0.5, 0.6) is 0 Å². The van der Waals surface area contributed by atoms with Gasteiger partial charge in [0.25, 0.3) is 0 Å². The van der Waals surface area contributed by atoms with Gasteiger partial charge in [0.15, 0.2) is 0 Å². The zero-order valence-corrected chi connectivity index (χ0v) is 10.2. The standard InChI is InChI=1S/C13H21N3/c1-3-14-13(11-7-5-4-6-8-11)12-9-10-16(2)15-12/h7,9-10,13-14H,3-6,8H2,1-2H3. The number of aryl methyl sites for hydroxylation is 1. The zero-order chi connectivity index (χ0) is 11.4. The minimum Gasteiger partial charge on any atom is -0.305 e. The first kappa shape index (κ1) is 11.4. The number of hydrogen-bond donors (Lipinski definition) is 1. The fourth-order valence-electron chi connectivity index (χ4n) is 2.34. The van der Waals surface area contributed by atoms with E-state index in [-0.39, 0.29) is 0 Å². The molecule has 0 saturated heterocycles. The van der Waals surface area contributed by atoms with Crippen molar-refractivity contribution in [2.24, 2.45) is 7.05 Å². The van der Waals surface area contributed by atoms with Crippen LogP contribution in [-0.2, 0) is 7.05 Å². The molecule has 0 fully saturated rings. The SMILES string of the molecule is CCNC(C1=CCCCC1)c1ccn(C)n1. The van der Waals surface area contributed by atoms with Crippen molar-refractivity contribution >= 4 is 0 Å². The Kier molecular flexibility index (Phi) is 3.78. The monoisotopic (exact) mass is 219 g/mol. The molecule has 1 aromatic heterocycles. The minimum atomic E-state index is 0.325. The van der Waals surface area contributed by atoms with E-state index in [1.54, 1.807) is 0 Å². The second-order valence-electron chi connectivity index (χ2n) is 4.43. The molecule has 88 valence electrons. The molecule has 3 heteroatoms. The van der Waals surface area contributed by atoms with Crippen LogP contribution in [0.1, 0.15) is 44.3 Å². The third kappa shape index (κ3) is 2.53. The predicted octanol–water partition coefficient (Wildman–Crippen LogP) is 2.57. The molecule has 1 heterocycles. The van der Waals surface area contributed by atoms with Crippen molar-refractivity contribution < 1.29 is 0 Å². The van der Waals surface area contributed by atoms with Gasteiger partial charge in [0.05, 0.1) is 11.7 Å². The maximum absolute atomic E-state index is 4.52. The molecule has 0 aromatic carbocycles. The summed E-state index contributed by atoms with van der Waals surface area (Å²) in [5.41, 5.74) is 2.67. The van der Waals surface area contributed by atoms with Crippen LogP contribution in [0, 0.1) is 0 Å². The number of aromatic nitrogens is 2. The number of hydrogen-bond acceptors (Lipinski definition) is 2. The molecule has 0 spiro atoms. The van der Waals surface area contributed by atoms with E-state index in [0.717, 1.165) is 12.2 Å². The van der Waals surface area contributed by atoms with Crippen molar-refractivity contribution in [2.45, 2.75) is 38.6 Å². The lowest BCUT2D eigenvalue weighted by Gasteiger charge is -2.22. The summed E-state index contributed by atoms with van der Waals surface area (Å²) in [5.74, 6) is 0. The van der Waals surface area contributed by atoms with Gasteiger partial charge in [-0.05, 0) is 38.3 Å². The van der Waals surface area contributed by atoms with E-state index in [2.05, 4.69) is 29.5 Å². The number of nitrogens with one attached hydrogen (secondary N) is 1. The Balaban J connectivity index is 2.19. The van der Waals surface area contributed by atoms with Crippen LogP contribution in [-0.4, -0.2) is 16.3 Å². The van der Waals surface area contributed by atoms with Crippen LogP contribution >= 0.6 is 0 Å². The number of allylic oxidation sites excluding steroid dienone is 1. The Bertz CT molecular complexity index is 365. The summed E-state index contributed by atoms with van der Waals surface area (Å²) in [5, 5.41) is 8.06. The highest BCUT2D eigenvalue weighted by atomic mass is 15.3. The van der Waals surface area contributed by atoms with Crippen LogP contribution in [0.15, 0.2) is 23.9 Å². The topological polar surface area (TPSA) is 29.9 Å². The van der Waals surface area contributed by atoms with Gasteiger partial charge in [0.2, 0.25) is 0 Å². The average Bonchev–Trinajstić information content (AvgIpc) is 2.74. The lowest BCUT2D eigenvalue weighted by molar-refractivity contribution is 0.546. The van der Waals surface area contributed by atoms with Crippen molar-refractivity contribution in [1.82, 2.24) is 15.1 Å². The molecule has 1 unspecified atom stereocenters. The maximum atomic E-state index is 4.52. The van der Waals surface area contributed by atoms with Gasteiger partial charge in [0, 0.05) is 13.2 Å². The average molecular weight is 219 g/mol. The molecular formula is C13H21N3. The quantitative estimate of drug-likeness (QED) is 0.789. The molecule has 1 aliphatic carbocycles. The van der Waals surface area contributed by atoms with Gasteiger partial charge < -0.3 is 5.32 Å². The van der Waals surface area contributed by atoms with Crippen molar-refractivity contribution in [1.29, 1.82) is 0 Å². The Hall–Kier alpha value is -1.09. The van der Waals surface area contributed by atoms with E-state index >= 15 is 0 Å². The third-order valence-electron chi connectivity index (χ3n) is 3.14. The van der Waals surface area contributed by atoms with Gasteiger partial charge in [0.1, 0.15) is 0 Å². The molecule has 16 heavy (non-hydrogen) atoms. The lowest BCUT2D eigenvalue weighted by Crippen LogP contribution is -2.24. The highest BCUT2D eigenvalue weighted by Crippen LogP contribution is 2.28. The second kappa shape index (κ2) is 5.30. The molecule has 0 aliphatic heterocycles. The molecule has 0 bridgehead atoms. The van der Waals surface area contributed by atoms with Crippen molar-refractivity contribution in [3.63, 3.8) is 0 Å². The molecule has 3 nitrogen and oxygen atoms in total. The van der Waals surface area contributed by atoms with Gasteiger partial charge in [-0.3, -0.25) is 4.68 Å². The zero-order valence-electron chi connectivity index (χ0n) is 10.2. The first-order valence-electron chi connectivity index (χ1n) is 6.23. The Morgan fingerprint density at radius 1 is 1.50 bits per heavy atom. The minimum absolute atomic E-state index is 0.325. The van der Waals surface area contributed by atoms with E-state index in [0.29, 0.717) is 6.04 Å². The van der Waals surface area contributed by atoms with E-state index in [9.17, 15) is 0 Å². The Labute approximate surface area is 97.5 Å². The van der Waals surface area contributed by atoms with Gasteiger partial charge in [-0.25, -0.2) is 0 Å². The molecule has 1 atom stereocenters. The van der Waals surface area contributed by atoms with E-state index < -0.39 is 0 Å². The van der Waals surface area contributed by atoms with Gasteiger partial charge in [-0.2, -0.15) is 5.10 Å². The Morgan fingerprint density at radius 3 is 2.94 bits per heavy atom. The molecule has 1 aliphatic rings. The van der Waals surface area contributed by atoms with Crippen LogP contribution in [0.4, 0.5) is 0 Å². The van der Waals surface area contributed by atoms with Crippen molar-refractivity contribution in [2.75, 3.05) is 6.54 Å². The molecule has 1 aromatic rings. The van der Waals surface area contributed by atoms with E-state index in [1.165, 1.54) is 31.3 Å². The van der Waals surface area contributed by atoms with Crippen LogP contribution in [0.25, 0.3) is 0 Å². The maximum Gasteiger partial charge on any atom is 0.0835 e. The summed E-state index contributed by atoms with van der Waals surface area (Å²) in [6, 6.07) is 2.44. The Morgan fingerprint density at radius 2 is 2.38 bits per heavy atom. The van der Waals surface area contributed by atoms with Crippen LogP contribution < -0.4 is 5.32 Å². The van der Waals surface area contributed by atoms with Crippen LogP contribution in [0.3, 0.4) is 0 Å². The highest BCUT2D eigenvalue weighted by Gasteiger charge is 2.19. The fraction of sp³-hybridized carbons (Fsp3) is 0.615. The first-order chi connectivity index (χ1) is 7.81. The van der Waals surface area contributed by atoms with Crippen LogP contribution in [0.2, 0.25) is 0 Å². The number of likely N-dealkylation sites (N-methyl/N-ethyl adjacent to an activating group) is 1. The number of nitrogens with zero attached hydrogens (tertiary/aromatic N) is 2. The van der Waals surface area contributed by atoms with Gasteiger partial charge >= 0.3 is 0 Å². The number of rotatable bonds is 4. The summed E-state index contributed by atoms with van der Waals surface area (Å²) in [4.78, 5) is 0. The summed E-state index contributed by atoms with van der Waals surface area (Å²) in [7, 11) is 1.97. The molecule has 2 rings (SSSR count). The normalized spacial score (nSPS) is 18.2. The third-order valence-corrected chi connectivity index (χ3v) is 3.14. The van der Waals surface area contributed by atoms with E-state index in [1.807, 2.05) is 17.9 Å². The molecular weight excluding hydrogens is 198 g/mol. The molecule has 1 N–H and O–H groups in total. The predicted molar refractivity (Wildman–Crippen MR) is 66.2 cm³/mol. The van der Waals surface area contributed by atoms with Crippen molar-refractivity contribution in [3.05, 3.63) is 29.6 Å². The molecule has 0 saturated carbocycles. The fourth-order valence-corrected chi connectivity index (χ4v) is 2.34. The second-order valence-corrected chi connectivity index (χ2v) is 4.43. The largest absolute Gasteiger partial charge is 0.305 e. The summed E-state index contributed by atoms with van der Waals surface area (Å²) in [6.45, 7) is 3.14. The van der Waals surface area contributed by atoms with E-state index in [4.69, 9.17) is 0 Å². The summed E-state index contributed by atoms with van der Waals surface area (Å²) < 4.78 is 1.88. The smallest absolute Gasteiger partial charge is 0.0835 e. The lowest BCUT2D eigenvalue weighted by atomic mass is 9.92. The summed E-state index contributed by atoms with van der Waals surface area (Å²) in [6.07, 6.45) is 9.51. The summed E-state index contributed by atoms with van der Waals surface area (Å²) >= 11 is 0. The molecule has 0 radical (unpaired) electrons. The van der Waals surface area contributed by atoms with Gasteiger partial charge in [-0.1, -0.05) is 18.6 Å². The highest BCUT2D eigenvalue weighted by molar-refractivity contribution is 5.22.